The number of hydrogen-bond donors (Lipinski definition) is 1. The zero-order valence-corrected chi connectivity index (χ0v) is 15.9. The number of unbranched alkanes of at least 4 members (excludes halogenated alkanes) is 4. The van der Waals surface area contributed by atoms with Crippen LogP contribution in [0.3, 0.4) is 0 Å². The van der Waals surface area contributed by atoms with Gasteiger partial charge in [-0.1, -0.05) is 32.6 Å². The van der Waals surface area contributed by atoms with Crippen LogP contribution in [0.2, 0.25) is 0 Å². The molecular formula is C19H34O4S. The Labute approximate surface area is 151 Å². The van der Waals surface area contributed by atoms with Gasteiger partial charge in [-0.05, 0) is 43.8 Å². The zero-order valence-electron chi connectivity index (χ0n) is 15.1. The van der Waals surface area contributed by atoms with Crippen molar-refractivity contribution < 1.29 is 19.4 Å². The molecule has 4 nitrogen and oxygen atoms in total. The van der Waals surface area contributed by atoms with Crippen molar-refractivity contribution in [1.29, 1.82) is 0 Å². The molecule has 0 unspecified atom stereocenters. The van der Waals surface area contributed by atoms with Gasteiger partial charge in [-0.15, -0.1) is 0 Å². The van der Waals surface area contributed by atoms with E-state index in [1.165, 1.54) is 63.1 Å². The van der Waals surface area contributed by atoms with E-state index in [1.807, 2.05) is 0 Å². The number of aliphatic carboxylic acids is 1. The lowest BCUT2D eigenvalue weighted by Crippen LogP contribution is -2.31. The minimum absolute atomic E-state index is 0.228. The number of carboxylic acid groups (broad SMARTS) is 1. The second-order valence-electron chi connectivity index (χ2n) is 7.20. The van der Waals surface area contributed by atoms with Gasteiger partial charge in [0, 0.05) is 12.5 Å². The first kappa shape index (κ1) is 20.1. The van der Waals surface area contributed by atoms with Gasteiger partial charge in [0.25, 0.3) is 0 Å². The average molecular weight is 359 g/mol. The van der Waals surface area contributed by atoms with Crippen LogP contribution in [0, 0.1) is 11.8 Å². The fraction of sp³-hybridized carbons (Fsp3) is 0.947. The van der Waals surface area contributed by atoms with Crippen molar-refractivity contribution in [2.24, 2.45) is 11.8 Å². The molecule has 2 heterocycles. The molecule has 0 aliphatic carbocycles. The van der Waals surface area contributed by atoms with Crippen LogP contribution in [0.5, 0.6) is 0 Å². The summed E-state index contributed by atoms with van der Waals surface area (Å²) < 4.78 is 12.1. The topological polar surface area (TPSA) is 55.8 Å². The van der Waals surface area contributed by atoms with Crippen LogP contribution in [0.25, 0.3) is 0 Å². The number of ether oxygens (including phenoxy) is 2. The molecule has 2 bridgehead atoms. The summed E-state index contributed by atoms with van der Waals surface area (Å²) in [7, 11) is 0. The maximum Gasteiger partial charge on any atom is 0.313 e. The minimum Gasteiger partial charge on any atom is -0.481 e. The molecule has 4 atom stereocenters. The molecule has 140 valence electrons. The van der Waals surface area contributed by atoms with Crippen LogP contribution >= 0.6 is 11.8 Å². The van der Waals surface area contributed by atoms with Crippen LogP contribution in [-0.2, 0) is 14.3 Å². The Bertz CT molecular complexity index is 363. The third-order valence-corrected chi connectivity index (χ3v) is 6.37. The molecule has 1 N–H and O–H groups in total. The highest BCUT2D eigenvalue weighted by Crippen LogP contribution is 2.45. The number of carbonyl (C=O) groups is 1. The van der Waals surface area contributed by atoms with E-state index in [1.54, 1.807) is 0 Å². The van der Waals surface area contributed by atoms with E-state index in [9.17, 15) is 4.79 Å². The number of thioether (sulfide) groups is 1. The molecule has 2 rings (SSSR count). The maximum absolute atomic E-state index is 10.5. The van der Waals surface area contributed by atoms with E-state index in [-0.39, 0.29) is 5.75 Å². The first-order valence-electron chi connectivity index (χ1n) is 9.75. The predicted molar refractivity (Wildman–Crippen MR) is 98.6 cm³/mol. The summed E-state index contributed by atoms with van der Waals surface area (Å²) in [4.78, 5) is 10.5. The Morgan fingerprint density at radius 2 is 1.92 bits per heavy atom. The normalized spacial score (nSPS) is 28.5. The van der Waals surface area contributed by atoms with Crippen LogP contribution in [0.15, 0.2) is 0 Å². The van der Waals surface area contributed by atoms with Crippen LogP contribution < -0.4 is 0 Å². The van der Waals surface area contributed by atoms with Gasteiger partial charge in [0.15, 0.2) is 0 Å². The largest absolute Gasteiger partial charge is 0.481 e. The van der Waals surface area contributed by atoms with Crippen molar-refractivity contribution in [2.45, 2.75) is 76.9 Å². The van der Waals surface area contributed by atoms with Gasteiger partial charge in [-0.3, -0.25) is 4.79 Å². The Kier molecular flexibility index (Phi) is 9.51. The zero-order chi connectivity index (χ0) is 17.2. The molecule has 2 aliphatic heterocycles. The van der Waals surface area contributed by atoms with Gasteiger partial charge in [-0.25, -0.2) is 0 Å². The lowest BCUT2D eigenvalue weighted by Gasteiger charge is -2.28. The molecule has 0 amide bonds. The maximum atomic E-state index is 10.5. The van der Waals surface area contributed by atoms with Crippen molar-refractivity contribution in [2.75, 3.05) is 24.7 Å². The molecule has 0 spiro atoms. The van der Waals surface area contributed by atoms with Crippen molar-refractivity contribution >= 4 is 17.7 Å². The summed E-state index contributed by atoms with van der Waals surface area (Å²) in [5.41, 5.74) is 0. The van der Waals surface area contributed by atoms with Gasteiger partial charge in [-0.2, -0.15) is 11.8 Å². The molecular weight excluding hydrogens is 324 g/mol. The third kappa shape index (κ3) is 6.57. The molecule has 0 aromatic carbocycles. The summed E-state index contributed by atoms with van der Waals surface area (Å²) in [6.07, 6.45) is 11.8. The van der Waals surface area contributed by atoms with Gasteiger partial charge in [0.1, 0.15) is 0 Å². The quantitative estimate of drug-likeness (QED) is 0.467. The van der Waals surface area contributed by atoms with Gasteiger partial charge < -0.3 is 14.6 Å². The first-order valence-corrected chi connectivity index (χ1v) is 10.9. The van der Waals surface area contributed by atoms with Gasteiger partial charge in [0.05, 0.1) is 24.6 Å². The highest BCUT2D eigenvalue weighted by molar-refractivity contribution is 7.99. The van der Waals surface area contributed by atoms with Gasteiger partial charge in [0.2, 0.25) is 0 Å². The Balaban J connectivity index is 1.59. The second-order valence-corrected chi connectivity index (χ2v) is 8.30. The molecule has 0 saturated carbocycles. The number of carboxylic acids is 1. The Hall–Kier alpha value is -0.260. The average Bonchev–Trinajstić information content (AvgIpc) is 3.15. The molecule has 2 fully saturated rings. The predicted octanol–water partition coefficient (Wildman–Crippen LogP) is 4.37. The van der Waals surface area contributed by atoms with E-state index in [4.69, 9.17) is 14.6 Å². The number of rotatable bonds is 14. The first-order chi connectivity index (χ1) is 11.7. The van der Waals surface area contributed by atoms with E-state index in [0.717, 1.165) is 25.4 Å². The Morgan fingerprint density at radius 1 is 1.12 bits per heavy atom. The molecule has 24 heavy (non-hydrogen) atoms. The third-order valence-electron chi connectivity index (χ3n) is 5.34. The molecule has 5 heteroatoms. The lowest BCUT2D eigenvalue weighted by molar-refractivity contribution is -0.133. The summed E-state index contributed by atoms with van der Waals surface area (Å²) >= 11 is 1.53. The van der Waals surface area contributed by atoms with Crippen LogP contribution in [0.1, 0.15) is 64.7 Å². The van der Waals surface area contributed by atoms with E-state index < -0.39 is 5.97 Å². The Morgan fingerprint density at radius 3 is 2.67 bits per heavy atom. The second kappa shape index (κ2) is 11.4. The monoisotopic (exact) mass is 358 g/mol. The standard InChI is InChI=1S/C19H34O4S/c1-2-3-4-6-11-22-13-16-15(17-9-10-18(16)23-17)8-5-7-12-24-14-19(20)21/h15-18H,2-14H2,1H3,(H,20,21)/t15-,16+,17-,18+/m0/s1. The molecule has 2 saturated heterocycles. The van der Waals surface area contributed by atoms with Crippen molar-refractivity contribution in [3.05, 3.63) is 0 Å². The lowest BCUT2D eigenvalue weighted by atomic mass is 9.77. The summed E-state index contributed by atoms with van der Waals surface area (Å²) in [6, 6.07) is 0. The molecule has 0 radical (unpaired) electrons. The van der Waals surface area contributed by atoms with Crippen LogP contribution in [-0.4, -0.2) is 48.0 Å². The number of hydrogen-bond acceptors (Lipinski definition) is 4. The highest BCUT2D eigenvalue weighted by Gasteiger charge is 2.48. The van der Waals surface area contributed by atoms with Crippen molar-refractivity contribution in [3.63, 3.8) is 0 Å². The fourth-order valence-corrected chi connectivity index (χ4v) is 4.82. The van der Waals surface area contributed by atoms with Crippen molar-refractivity contribution in [3.8, 4) is 0 Å². The summed E-state index contributed by atoms with van der Waals surface area (Å²) in [5, 5.41) is 8.65. The molecule has 0 aromatic rings. The molecule has 0 aromatic heterocycles. The summed E-state index contributed by atoms with van der Waals surface area (Å²) in [5.74, 6) is 1.71. The van der Waals surface area contributed by atoms with E-state index in [2.05, 4.69) is 6.92 Å². The van der Waals surface area contributed by atoms with E-state index in [0.29, 0.717) is 24.0 Å². The SMILES string of the molecule is CCCCCCOC[C@@H]1[C@H](CCCCSCC(=O)O)[C@@H]2CC[C@H]1O2. The van der Waals surface area contributed by atoms with E-state index >= 15 is 0 Å². The number of fused-ring (bicyclic) bond motifs is 2. The highest BCUT2D eigenvalue weighted by atomic mass is 32.2. The fourth-order valence-electron chi connectivity index (χ4n) is 4.10. The van der Waals surface area contributed by atoms with Crippen molar-refractivity contribution in [1.82, 2.24) is 0 Å². The van der Waals surface area contributed by atoms with Gasteiger partial charge >= 0.3 is 5.97 Å². The summed E-state index contributed by atoms with van der Waals surface area (Å²) in [6.45, 7) is 4.00. The van der Waals surface area contributed by atoms with Crippen LogP contribution in [0.4, 0.5) is 0 Å². The smallest absolute Gasteiger partial charge is 0.313 e. The minimum atomic E-state index is -0.711. The molecule has 2 aliphatic rings.